The zero-order valence-electron chi connectivity index (χ0n) is 13.1. The summed E-state index contributed by atoms with van der Waals surface area (Å²) in [6.07, 6.45) is 1.51. The van der Waals surface area contributed by atoms with Gasteiger partial charge in [-0.2, -0.15) is 0 Å². The fraction of sp³-hybridized carbons (Fsp3) is 0.467. The summed E-state index contributed by atoms with van der Waals surface area (Å²) in [4.78, 5) is 12.0. The molecule has 6 nitrogen and oxygen atoms in total. The van der Waals surface area contributed by atoms with E-state index in [-0.39, 0.29) is 12.0 Å². The van der Waals surface area contributed by atoms with Crippen molar-refractivity contribution in [3.8, 4) is 5.75 Å². The van der Waals surface area contributed by atoms with Crippen LogP contribution in [0, 0.1) is 0 Å². The van der Waals surface area contributed by atoms with Crippen molar-refractivity contribution in [2.75, 3.05) is 13.2 Å². The number of carbonyl (C=O) groups excluding carboxylic acids is 1. The van der Waals surface area contributed by atoms with Crippen LogP contribution in [0.1, 0.15) is 19.8 Å². The molecule has 1 fully saturated rings. The molecule has 0 spiro atoms. The van der Waals surface area contributed by atoms with Crippen molar-refractivity contribution < 1.29 is 14.3 Å². The van der Waals surface area contributed by atoms with E-state index >= 15 is 0 Å². The monoisotopic (exact) mass is 435 g/mol. The van der Waals surface area contributed by atoms with Gasteiger partial charge >= 0.3 is 0 Å². The van der Waals surface area contributed by atoms with Crippen LogP contribution in [-0.2, 0) is 9.53 Å². The van der Waals surface area contributed by atoms with Crippen LogP contribution in [0.15, 0.2) is 22.7 Å². The second-order valence-corrected chi connectivity index (χ2v) is 7.03. The Hall–Kier alpha value is -1.09. The number of hydrazine groups is 1. The average molecular weight is 437 g/mol. The van der Waals surface area contributed by atoms with Crippen molar-refractivity contribution >= 4 is 50.8 Å². The molecule has 1 aromatic rings. The third kappa shape index (κ3) is 6.08. The Bertz CT molecular complexity index is 599. The van der Waals surface area contributed by atoms with Crippen molar-refractivity contribution in [1.82, 2.24) is 16.2 Å². The standard InChI is InChI=1S/C15H19BrClN3O3S/c1-9(23-13-5-4-10(16)7-12(13)17)14(21)19-20-15(24)18-8-11-3-2-6-22-11/h4-5,7,9,11H,2-3,6,8H2,1H3,(H,19,21)(H2,18,20,24). The average Bonchev–Trinajstić information content (AvgIpc) is 3.06. The number of halogens is 2. The van der Waals surface area contributed by atoms with Crippen LogP contribution in [0.5, 0.6) is 5.75 Å². The molecule has 9 heteroatoms. The predicted octanol–water partition coefficient (Wildman–Crippen LogP) is 2.54. The highest BCUT2D eigenvalue weighted by molar-refractivity contribution is 9.10. The number of rotatable bonds is 5. The zero-order valence-corrected chi connectivity index (χ0v) is 16.3. The number of ether oxygens (including phenoxy) is 2. The van der Waals surface area contributed by atoms with E-state index in [4.69, 9.17) is 33.3 Å². The van der Waals surface area contributed by atoms with Crippen LogP contribution in [0.2, 0.25) is 5.02 Å². The maximum absolute atomic E-state index is 12.0. The predicted molar refractivity (Wildman–Crippen MR) is 100 cm³/mol. The van der Waals surface area contributed by atoms with Gasteiger partial charge in [0.2, 0.25) is 0 Å². The first kappa shape index (κ1) is 19.2. The summed E-state index contributed by atoms with van der Waals surface area (Å²) in [7, 11) is 0. The van der Waals surface area contributed by atoms with E-state index < -0.39 is 6.10 Å². The van der Waals surface area contributed by atoms with Gasteiger partial charge in [0, 0.05) is 17.6 Å². The summed E-state index contributed by atoms with van der Waals surface area (Å²) < 4.78 is 11.9. The number of benzene rings is 1. The van der Waals surface area contributed by atoms with E-state index in [1.807, 2.05) is 0 Å². The molecule has 1 saturated heterocycles. The lowest BCUT2D eigenvalue weighted by molar-refractivity contribution is -0.127. The molecular weight excluding hydrogens is 418 g/mol. The normalized spacial score (nSPS) is 17.9. The largest absolute Gasteiger partial charge is 0.479 e. The topological polar surface area (TPSA) is 71.6 Å². The van der Waals surface area contributed by atoms with Crippen molar-refractivity contribution in [3.63, 3.8) is 0 Å². The Kier molecular flexibility index (Phi) is 7.54. The molecule has 0 aliphatic carbocycles. The quantitative estimate of drug-likeness (QED) is 0.487. The van der Waals surface area contributed by atoms with Gasteiger partial charge < -0.3 is 14.8 Å². The Balaban J connectivity index is 1.71. The molecule has 1 aliphatic rings. The Morgan fingerprint density at radius 3 is 3.00 bits per heavy atom. The second-order valence-electron chi connectivity index (χ2n) is 5.29. The van der Waals surface area contributed by atoms with Crippen LogP contribution in [-0.4, -0.2) is 36.4 Å². The molecule has 0 saturated carbocycles. The Labute approximate surface area is 159 Å². The van der Waals surface area contributed by atoms with E-state index in [0.29, 0.717) is 22.4 Å². The van der Waals surface area contributed by atoms with Gasteiger partial charge in [-0.05, 0) is 50.2 Å². The maximum atomic E-state index is 12.0. The highest BCUT2D eigenvalue weighted by Gasteiger charge is 2.17. The van der Waals surface area contributed by atoms with Crippen molar-refractivity contribution in [2.24, 2.45) is 0 Å². The molecule has 3 N–H and O–H groups in total. The fourth-order valence-electron chi connectivity index (χ4n) is 2.09. The first-order valence-corrected chi connectivity index (χ1v) is 9.10. The van der Waals surface area contributed by atoms with Gasteiger partial charge in [-0.3, -0.25) is 15.6 Å². The minimum atomic E-state index is -0.739. The number of amides is 1. The number of nitrogens with one attached hydrogen (secondary N) is 3. The number of hydrogen-bond donors (Lipinski definition) is 3. The molecule has 1 heterocycles. The van der Waals surface area contributed by atoms with E-state index in [1.165, 1.54) is 0 Å². The van der Waals surface area contributed by atoms with Gasteiger partial charge in [0.05, 0.1) is 11.1 Å². The summed E-state index contributed by atoms with van der Waals surface area (Å²) in [5.74, 6) is 0.0665. The molecule has 0 aromatic heterocycles. The van der Waals surface area contributed by atoms with Gasteiger partial charge in [-0.1, -0.05) is 27.5 Å². The lowest BCUT2D eigenvalue weighted by atomic mass is 10.2. The molecule has 0 radical (unpaired) electrons. The molecule has 1 aliphatic heterocycles. The molecule has 2 unspecified atom stereocenters. The van der Waals surface area contributed by atoms with Gasteiger partial charge in [0.1, 0.15) is 5.75 Å². The fourth-order valence-corrected chi connectivity index (χ4v) is 2.94. The Morgan fingerprint density at radius 2 is 2.33 bits per heavy atom. The van der Waals surface area contributed by atoms with E-state index in [2.05, 4.69) is 32.1 Å². The lowest BCUT2D eigenvalue weighted by Crippen LogP contribution is -2.51. The molecule has 0 bridgehead atoms. The molecule has 24 heavy (non-hydrogen) atoms. The number of hydrogen-bond acceptors (Lipinski definition) is 4. The van der Waals surface area contributed by atoms with Crippen molar-refractivity contribution in [2.45, 2.75) is 32.0 Å². The van der Waals surface area contributed by atoms with Gasteiger partial charge in [0.15, 0.2) is 11.2 Å². The highest BCUT2D eigenvalue weighted by atomic mass is 79.9. The minimum absolute atomic E-state index is 0.169. The summed E-state index contributed by atoms with van der Waals surface area (Å²) in [6.45, 7) is 3.03. The molecule has 2 atom stereocenters. The summed E-state index contributed by atoms with van der Waals surface area (Å²) >= 11 is 14.5. The van der Waals surface area contributed by atoms with Crippen molar-refractivity contribution in [3.05, 3.63) is 27.7 Å². The highest BCUT2D eigenvalue weighted by Crippen LogP contribution is 2.28. The third-order valence-electron chi connectivity index (χ3n) is 3.38. The first-order chi connectivity index (χ1) is 11.5. The second kappa shape index (κ2) is 9.41. The summed E-state index contributed by atoms with van der Waals surface area (Å²) in [6, 6.07) is 5.18. The van der Waals surface area contributed by atoms with Crippen molar-refractivity contribution in [1.29, 1.82) is 0 Å². The molecule has 1 aromatic carbocycles. The van der Waals surface area contributed by atoms with Crippen LogP contribution >= 0.6 is 39.7 Å². The van der Waals surface area contributed by atoms with E-state index in [1.54, 1.807) is 25.1 Å². The van der Waals surface area contributed by atoms with E-state index in [9.17, 15) is 4.79 Å². The first-order valence-electron chi connectivity index (χ1n) is 7.52. The minimum Gasteiger partial charge on any atom is -0.479 e. The lowest BCUT2D eigenvalue weighted by Gasteiger charge is -2.18. The molecule has 132 valence electrons. The smallest absolute Gasteiger partial charge is 0.279 e. The molecular formula is C15H19BrClN3O3S. The van der Waals surface area contributed by atoms with Crippen LogP contribution in [0.4, 0.5) is 0 Å². The van der Waals surface area contributed by atoms with Gasteiger partial charge in [-0.25, -0.2) is 0 Å². The van der Waals surface area contributed by atoms with Crippen LogP contribution < -0.4 is 20.9 Å². The molecule has 2 rings (SSSR count). The van der Waals surface area contributed by atoms with E-state index in [0.717, 1.165) is 23.9 Å². The molecule has 1 amide bonds. The summed E-state index contributed by atoms with van der Waals surface area (Å²) in [5, 5.41) is 3.75. The number of thiocarbonyl (C=S) groups is 1. The van der Waals surface area contributed by atoms with Gasteiger partial charge in [0.25, 0.3) is 5.91 Å². The third-order valence-corrected chi connectivity index (χ3v) is 4.42. The summed E-state index contributed by atoms with van der Waals surface area (Å²) in [5.41, 5.74) is 5.14. The Morgan fingerprint density at radius 1 is 1.54 bits per heavy atom. The zero-order chi connectivity index (χ0) is 17.5. The van der Waals surface area contributed by atoms with Crippen LogP contribution in [0.3, 0.4) is 0 Å². The van der Waals surface area contributed by atoms with Gasteiger partial charge in [-0.15, -0.1) is 0 Å². The number of carbonyl (C=O) groups is 1. The van der Waals surface area contributed by atoms with Crippen LogP contribution in [0.25, 0.3) is 0 Å². The maximum Gasteiger partial charge on any atom is 0.279 e. The SMILES string of the molecule is CC(Oc1ccc(Br)cc1Cl)C(=O)NNC(=S)NCC1CCCO1.